The molecule has 2 aliphatic rings. The first kappa shape index (κ1) is 21.8. The third-order valence-corrected chi connectivity index (χ3v) is 7.12. The van der Waals surface area contributed by atoms with Gasteiger partial charge in [0.05, 0.1) is 11.8 Å². The van der Waals surface area contributed by atoms with E-state index >= 15 is 0 Å². The molecule has 172 valence electrons. The van der Waals surface area contributed by atoms with E-state index in [0.29, 0.717) is 19.0 Å². The van der Waals surface area contributed by atoms with Crippen molar-refractivity contribution in [1.29, 1.82) is 0 Å². The van der Waals surface area contributed by atoms with Gasteiger partial charge in [0.15, 0.2) is 16.7 Å². The quantitative estimate of drug-likeness (QED) is 0.490. The van der Waals surface area contributed by atoms with E-state index in [1.807, 2.05) is 35.2 Å². The number of nitrogens with zero attached hydrogens (tertiary/aromatic N) is 4. The number of hydrogen-bond donors (Lipinski definition) is 0. The Bertz CT molecular complexity index is 1120. The fourth-order valence-electron chi connectivity index (χ4n) is 4.54. The third kappa shape index (κ3) is 4.71. The highest BCUT2D eigenvalue weighted by Gasteiger charge is 2.31. The van der Waals surface area contributed by atoms with E-state index in [1.165, 1.54) is 17.3 Å². The molecule has 0 saturated carbocycles. The predicted molar refractivity (Wildman–Crippen MR) is 127 cm³/mol. The van der Waals surface area contributed by atoms with E-state index in [9.17, 15) is 4.79 Å². The summed E-state index contributed by atoms with van der Waals surface area (Å²) < 4.78 is 13.5. The lowest BCUT2D eigenvalue weighted by Crippen LogP contribution is -2.32. The Balaban J connectivity index is 1.25. The van der Waals surface area contributed by atoms with Gasteiger partial charge in [-0.05, 0) is 43.0 Å². The highest BCUT2D eigenvalue weighted by molar-refractivity contribution is 7.99. The van der Waals surface area contributed by atoms with E-state index < -0.39 is 0 Å². The second-order valence-corrected chi connectivity index (χ2v) is 9.18. The van der Waals surface area contributed by atoms with Gasteiger partial charge in [-0.1, -0.05) is 48.2 Å². The molecule has 7 nitrogen and oxygen atoms in total. The zero-order chi connectivity index (χ0) is 22.6. The second kappa shape index (κ2) is 9.87. The number of thioether (sulfide) groups is 1. The van der Waals surface area contributed by atoms with Crippen LogP contribution in [-0.2, 0) is 17.8 Å². The molecule has 3 aromatic rings. The van der Waals surface area contributed by atoms with Crippen molar-refractivity contribution in [3.05, 3.63) is 65.5 Å². The zero-order valence-corrected chi connectivity index (χ0v) is 19.6. The SMILES string of the molecule is CCn1c(Cc2ccccc2)nnc1SCC(=O)N1CCCC1c1ccc2c(c1)OCCO2. The fraction of sp³-hybridized carbons (Fsp3) is 0.400. The summed E-state index contributed by atoms with van der Waals surface area (Å²) in [5.41, 5.74) is 2.31. The first-order valence-corrected chi connectivity index (χ1v) is 12.5. The average molecular weight is 465 g/mol. The minimum atomic E-state index is 0.0756. The predicted octanol–water partition coefficient (Wildman–Crippen LogP) is 4.12. The van der Waals surface area contributed by atoms with Crippen molar-refractivity contribution in [1.82, 2.24) is 19.7 Å². The minimum absolute atomic E-state index is 0.0756. The van der Waals surface area contributed by atoms with E-state index in [0.717, 1.165) is 60.4 Å². The summed E-state index contributed by atoms with van der Waals surface area (Å²) in [5, 5.41) is 9.58. The molecule has 0 bridgehead atoms. The summed E-state index contributed by atoms with van der Waals surface area (Å²) in [6.45, 7) is 4.77. The van der Waals surface area contributed by atoms with Crippen LogP contribution in [0, 0.1) is 0 Å². The molecular formula is C25H28N4O3S. The zero-order valence-electron chi connectivity index (χ0n) is 18.8. The second-order valence-electron chi connectivity index (χ2n) is 8.24. The first-order chi connectivity index (χ1) is 16.2. The Morgan fingerprint density at radius 1 is 1.09 bits per heavy atom. The Labute approximate surface area is 198 Å². The normalized spacial score (nSPS) is 17.4. The number of carbonyl (C=O) groups is 1. The van der Waals surface area contributed by atoms with Gasteiger partial charge in [0.1, 0.15) is 19.0 Å². The Hall–Kier alpha value is -3.00. The summed E-state index contributed by atoms with van der Waals surface area (Å²) in [6.07, 6.45) is 2.69. The number of ether oxygens (including phenoxy) is 2. The van der Waals surface area contributed by atoms with Gasteiger partial charge in [-0.25, -0.2) is 0 Å². The molecule has 2 aromatic carbocycles. The lowest BCUT2D eigenvalue weighted by molar-refractivity contribution is -0.129. The van der Waals surface area contributed by atoms with Gasteiger partial charge in [-0.2, -0.15) is 0 Å². The van der Waals surface area contributed by atoms with Crippen molar-refractivity contribution >= 4 is 17.7 Å². The van der Waals surface area contributed by atoms with Crippen molar-refractivity contribution < 1.29 is 14.3 Å². The number of aromatic nitrogens is 3. The summed E-state index contributed by atoms with van der Waals surface area (Å²) in [6, 6.07) is 16.4. The number of rotatable bonds is 7. The number of amides is 1. The number of benzene rings is 2. The molecular weight excluding hydrogens is 436 g/mol. The number of hydrogen-bond acceptors (Lipinski definition) is 6. The Kier molecular flexibility index (Phi) is 6.53. The molecule has 0 radical (unpaired) electrons. The van der Waals surface area contributed by atoms with Gasteiger partial charge < -0.3 is 18.9 Å². The Morgan fingerprint density at radius 2 is 1.91 bits per heavy atom. The van der Waals surface area contributed by atoms with Crippen LogP contribution in [0.3, 0.4) is 0 Å². The summed E-state index contributed by atoms with van der Waals surface area (Å²) in [5.74, 6) is 2.96. The van der Waals surface area contributed by atoms with Crippen LogP contribution in [-0.4, -0.2) is 51.1 Å². The van der Waals surface area contributed by atoms with Crippen LogP contribution >= 0.6 is 11.8 Å². The number of fused-ring (bicyclic) bond motifs is 1. The molecule has 1 amide bonds. The molecule has 0 N–H and O–H groups in total. The van der Waals surface area contributed by atoms with Crippen molar-refractivity contribution in [2.24, 2.45) is 0 Å². The monoisotopic (exact) mass is 464 g/mol. The molecule has 1 aromatic heterocycles. The molecule has 8 heteroatoms. The molecule has 2 aliphatic heterocycles. The van der Waals surface area contributed by atoms with Crippen molar-refractivity contribution in [3.63, 3.8) is 0 Å². The van der Waals surface area contributed by atoms with Crippen LogP contribution in [0.5, 0.6) is 11.5 Å². The van der Waals surface area contributed by atoms with Gasteiger partial charge >= 0.3 is 0 Å². The van der Waals surface area contributed by atoms with Crippen LogP contribution in [0.25, 0.3) is 0 Å². The summed E-state index contributed by atoms with van der Waals surface area (Å²) in [7, 11) is 0. The van der Waals surface area contributed by atoms with Crippen LogP contribution < -0.4 is 9.47 Å². The van der Waals surface area contributed by atoms with Gasteiger partial charge in [-0.3, -0.25) is 4.79 Å². The first-order valence-electron chi connectivity index (χ1n) is 11.5. The van der Waals surface area contributed by atoms with Crippen LogP contribution in [0.2, 0.25) is 0 Å². The molecule has 5 rings (SSSR count). The topological polar surface area (TPSA) is 69.5 Å². The van der Waals surface area contributed by atoms with Crippen molar-refractivity contribution in [3.8, 4) is 11.5 Å². The van der Waals surface area contributed by atoms with Gasteiger partial charge in [-0.15, -0.1) is 10.2 Å². The molecule has 3 heterocycles. The maximum Gasteiger partial charge on any atom is 0.233 e. The third-order valence-electron chi connectivity index (χ3n) is 6.16. The molecule has 33 heavy (non-hydrogen) atoms. The molecule has 1 atom stereocenters. The van der Waals surface area contributed by atoms with Crippen LogP contribution in [0.15, 0.2) is 53.7 Å². The van der Waals surface area contributed by atoms with E-state index in [2.05, 4.69) is 39.9 Å². The van der Waals surface area contributed by atoms with Crippen LogP contribution in [0.1, 0.15) is 42.8 Å². The maximum absolute atomic E-state index is 13.2. The highest BCUT2D eigenvalue weighted by atomic mass is 32.2. The highest BCUT2D eigenvalue weighted by Crippen LogP contribution is 2.38. The Morgan fingerprint density at radius 3 is 2.73 bits per heavy atom. The molecule has 1 fully saturated rings. The van der Waals surface area contributed by atoms with Crippen LogP contribution in [0.4, 0.5) is 0 Å². The van der Waals surface area contributed by atoms with Gasteiger partial charge in [0.25, 0.3) is 0 Å². The molecule has 0 aliphatic carbocycles. The van der Waals surface area contributed by atoms with Crippen molar-refractivity contribution in [2.75, 3.05) is 25.5 Å². The van der Waals surface area contributed by atoms with E-state index in [-0.39, 0.29) is 11.9 Å². The minimum Gasteiger partial charge on any atom is -0.486 e. The van der Waals surface area contributed by atoms with Gasteiger partial charge in [0.2, 0.25) is 5.91 Å². The number of likely N-dealkylation sites (tertiary alicyclic amines) is 1. The van der Waals surface area contributed by atoms with E-state index in [1.54, 1.807) is 0 Å². The standard InChI is InChI=1S/C25H28N4O3S/c1-2-28-23(15-18-7-4-3-5-8-18)26-27-25(28)33-17-24(30)29-12-6-9-20(29)19-10-11-21-22(16-19)32-14-13-31-21/h3-5,7-8,10-11,16,20H,2,6,9,12-15,17H2,1H3. The molecule has 1 unspecified atom stereocenters. The number of carbonyl (C=O) groups excluding carboxylic acids is 1. The lowest BCUT2D eigenvalue weighted by atomic mass is 10.0. The van der Waals surface area contributed by atoms with E-state index in [4.69, 9.17) is 9.47 Å². The molecule has 0 spiro atoms. The smallest absolute Gasteiger partial charge is 0.233 e. The average Bonchev–Trinajstić information content (AvgIpc) is 3.50. The van der Waals surface area contributed by atoms with Gasteiger partial charge in [0, 0.05) is 19.5 Å². The largest absolute Gasteiger partial charge is 0.486 e. The summed E-state index contributed by atoms with van der Waals surface area (Å²) in [4.78, 5) is 15.2. The van der Waals surface area contributed by atoms with Crippen molar-refractivity contribution in [2.45, 2.75) is 43.9 Å². The fourth-order valence-corrected chi connectivity index (χ4v) is 5.45. The lowest BCUT2D eigenvalue weighted by Gasteiger charge is -2.26. The maximum atomic E-state index is 13.2. The molecule has 1 saturated heterocycles. The summed E-state index contributed by atoms with van der Waals surface area (Å²) >= 11 is 1.47.